The van der Waals surface area contributed by atoms with Crippen LogP contribution >= 0.6 is 11.3 Å². The van der Waals surface area contributed by atoms with Crippen LogP contribution in [0.1, 0.15) is 50.1 Å². The van der Waals surface area contributed by atoms with E-state index in [1.165, 1.54) is 27.4 Å². The van der Waals surface area contributed by atoms with E-state index < -0.39 is 0 Å². The molecular formula is C18H26N3OS+. The molecule has 1 unspecified atom stereocenters. The number of para-hydroxylation sites is 1. The zero-order chi connectivity index (χ0) is 16.1. The molecule has 1 aliphatic rings. The number of unbranched alkanes of at least 4 members (excludes halogenated alkanes) is 1. The van der Waals surface area contributed by atoms with E-state index in [1.807, 2.05) is 6.07 Å². The molecule has 23 heavy (non-hydrogen) atoms. The Morgan fingerprint density at radius 1 is 1.39 bits per heavy atom. The number of piperidine rings is 1. The normalized spacial score (nSPS) is 21.4. The van der Waals surface area contributed by atoms with Crippen molar-refractivity contribution < 1.29 is 9.69 Å². The minimum absolute atomic E-state index is 0.182. The van der Waals surface area contributed by atoms with E-state index in [0.717, 1.165) is 37.9 Å². The van der Waals surface area contributed by atoms with Gasteiger partial charge in [-0.25, -0.2) is 4.98 Å². The number of hydrogen-bond acceptors (Lipinski definition) is 3. The zero-order valence-corrected chi connectivity index (χ0v) is 14.6. The molecule has 2 N–H and O–H groups in total. The summed E-state index contributed by atoms with van der Waals surface area (Å²) < 4.78 is 1.25. The van der Waals surface area contributed by atoms with Crippen LogP contribution in [0.15, 0.2) is 24.3 Å². The first kappa shape index (κ1) is 16.4. The average Bonchev–Trinajstić information content (AvgIpc) is 2.99. The Morgan fingerprint density at radius 3 is 3.09 bits per heavy atom. The second-order valence-electron chi connectivity index (χ2n) is 6.36. The first-order chi connectivity index (χ1) is 11.3. The van der Waals surface area contributed by atoms with Crippen molar-refractivity contribution >= 4 is 27.5 Å². The number of carbonyl (C=O) groups is 1. The van der Waals surface area contributed by atoms with Gasteiger partial charge in [0, 0.05) is 13.0 Å². The Morgan fingerprint density at radius 2 is 2.26 bits per heavy atom. The third-order valence-electron chi connectivity index (χ3n) is 4.58. The fourth-order valence-corrected chi connectivity index (χ4v) is 4.46. The van der Waals surface area contributed by atoms with E-state index in [-0.39, 0.29) is 5.91 Å². The van der Waals surface area contributed by atoms with Gasteiger partial charge in [-0.15, -0.1) is 11.3 Å². The van der Waals surface area contributed by atoms with Gasteiger partial charge in [0.1, 0.15) is 6.04 Å². The van der Waals surface area contributed by atoms with Crippen LogP contribution in [0.4, 0.5) is 0 Å². The van der Waals surface area contributed by atoms with Crippen molar-refractivity contribution in [3.05, 3.63) is 29.3 Å². The molecule has 1 amide bonds. The molecule has 3 rings (SSSR count). The van der Waals surface area contributed by atoms with E-state index in [0.29, 0.717) is 12.6 Å². The van der Waals surface area contributed by atoms with E-state index in [1.54, 1.807) is 11.3 Å². The highest BCUT2D eigenvalue weighted by molar-refractivity contribution is 7.18. The van der Waals surface area contributed by atoms with Crippen molar-refractivity contribution in [2.75, 3.05) is 19.6 Å². The van der Waals surface area contributed by atoms with E-state index in [2.05, 4.69) is 30.4 Å². The van der Waals surface area contributed by atoms with Crippen molar-refractivity contribution in [2.45, 2.75) is 45.1 Å². The highest BCUT2D eigenvalue weighted by Gasteiger charge is 2.31. The number of aromatic nitrogens is 1. The van der Waals surface area contributed by atoms with Crippen molar-refractivity contribution in [3.63, 3.8) is 0 Å². The Bertz CT molecular complexity index is 622. The van der Waals surface area contributed by atoms with Crippen LogP contribution < -0.4 is 10.2 Å². The number of benzene rings is 1. The third kappa shape index (κ3) is 4.09. The molecule has 1 aliphatic heterocycles. The quantitative estimate of drug-likeness (QED) is 0.798. The topological polar surface area (TPSA) is 46.4 Å². The molecule has 0 radical (unpaired) electrons. The third-order valence-corrected chi connectivity index (χ3v) is 5.73. The van der Waals surface area contributed by atoms with Crippen molar-refractivity contribution in [3.8, 4) is 0 Å². The molecule has 2 aromatic rings. The summed E-state index contributed by atoms with van der Waals surface area (Å²) in [6, 6.07) is 8.69. The van der Waals surface area contributed by atoms with Crippen molar-refractivity contribution in [1.29, 1.82) is 0 Å². The maximum Gasteiger partial charge on any atom is 0.275 e. The summed E-state index contributed by atoms with van der Waals surface area (Å²) in [5.74, 6) is 0.182. The van der Waals surface area contributed by atoms with Gasteiger partial charge in [0.05, 0.1) is 16.8 Å². The number of likely N-dealkylation sites (tertiary alicyclic amines) is 1. The van der Waals surface area contributed by atoms with Gasteiger partial charge in [0.15, 0.2) is 11.6 Å². The van der Waals surface area contributed by atoms with Gasteiger partial charge in [-0.3, -0.25) is 4.79 Å². The summed E-state index contributed by atoms with van der Waals surface area (Å²) >= 11 is 1.79. The minimum atomic E-state index is 0.182. The SMILES string of the molecule is CCCCNC(=O)C[NH+]1CCCC[C@H]1c1nc2ccccc2s1. The first-order valence-corrected chi connectivity index (χ1v) is 9.56. The highest BCUT2D eigenvalue weighted by atomic mass is 32.1. The number of rotatable bonds is 6. The fraction of sp³-hybridized carbons (Fsp3) is 0.556. The molecular weight excluding hydrogens is 306 g/mol. The summed E-state index contributed by atoms with van der Waals surface area (Å²) in [5.41, 5.74) is 1.09. The molecule has 0 spiro atoms. The van der Waals surface area contributed by atoms with Gasteiger partial charge in [0.25, 0.3) is 5.91 Å². The summed E-state index contributed by atoms with van der Waals surface area (Å²) in [6.07, 6.45) is 5.76. The average molecular weight is 332 g/mol. The Balaban J connectivity index is 1.69. The molecule has 0 bridgehead atoms. The smallest absolute Gasteiger partial charge is 0.275 e. The largest absolute Gasteiger partial charge is 0.351 e. The number of nitrogens with zero attached hydrogens (tertiary/aromatic N) is 1. The van der Waals surface area contributed by atoms with Gasteiger partial charge < -0.3 is 10.2 Å². The van der Waals surface area contributed by atoms with Gasteiger partial charge in [-0.2, -0.15) is 0 Å². The molecule has 4 nitrogen and oxygen atoms in total. The van der Waals surface area contributed by atoms with Gasteiger partial charge in [-0.05, 0) is 31.4 Å². The molecule has 0 aliphatic carbocycles. The molecule has 1 fully saturated rings. The number of nitrogens with one attached hydrogen (secondary N) is 2. The molecule has 0 saturated carbocycles. The summed E-state index contributed by atoms with van der Waals surface area (Å²) in [6.45, 7) is 4.59. The van der Waals surface area contributed by atoms with Crippen molar-refractivity contribution in [1.82, 2.24) is 10.3 Å². The van der Waals surface area contributed by atoms with Crippen LogP contribution in [-0.2, 0) is 4.79 Å². The lowest BCUT2D eigenvalue weighted by molar-refractivity contribution is -0.929. The summed E-state index contributed by atoms with van der Waals surface area (Å²) in [5, 5.41) is 4.25. The standard InChI is InChI=1S/C18H25N3OS/c1-2-3-11-19-17(22)13-21-12-7-6-9-15(21)18-20-14-8-4-5-10-16(14)23-18/h4-5,8,10,15H,2-3,6-7,9,11-13H2,1H3,(H,19,22)/p+1/t15-/m0/s1. The van der Waals surface area contributed by atoms with Crippen LogP contribution in [0.5, 0.6) is 0 Å². The lowest BCUT2D eigenvalue weighted by Gasteiger charge is -2.30. The number of amides is 1. The molecule has 1 aromatic carbocycles. The van der Waals surface area contributed by atoms with Crippen LogP contribution in [0.3, 0.4) is 0 Å². The Kier molecular flexibility index (Phi) is 5.62. The second kappa shape index (κ2) is 7.88. The highest BCUT2D eigenvalue weighted by Crippen LogP contribution is 2.28. The Labute approximate surface area is 141 Å². The maximum absolute atomic E-state index is 12.2. The van der Waals surface area contributed by atoms with Gasteiger partial charge in [0.2, 0.25) is 0 Å². The number of carbonyl (C=O) groups excluding carboxylic acids is 1. The first-order valence-electron chi connectivity index (χ1n) is 8.74. The Hall–Kier alpha value is -1.46. The molecule has 1 saturated heterocycles. The molecule has 1 aromatic heterocycles. The zero-order valence-electron chi connectivity index (χ0n) is 13.8. The predicted molar refractivity (Wildman–Crippen MR) is 94.8 cm³/mol. The number of fused-ring (bicyclic) bond motifs is 1. The molecule has 5 heteroatoms. The minimum Gasteiger partial charge on any atom is -0.351 e. The van der Waals surface area contributed by atoms with Crippen LogP contribution in [0, 0.1) is 0 Å². The van der Waals surface area contributed by atoms with Gasteiger partial charge in [-0.1, -0.05) is 25.5 Å². The van der Waals surface area contributed by atoms with Crippen LogP contribution in [-0.4, -0.2) is 30.5 Å². The molecule has 2 atom stereocenters. The van der Waals surface area contributed by atoms with E-state index in [4.69, 9.17) is 4.98 Å². The monoisotopic (exact) mass is 332 g/mol. The molecule has 124 valence electrons. The number of hydrogen-bond donors (Lipinski definition) is 2. The van der Waals surface area contributed by atoms with E-state index in [9.17, 15) is 4.79 Å². The predicted octanol–water partition coefficient (Wildman–Crippen LogP) is 2.32. The number of thiazole rings is 1. The molecule has 2 heterocycles. The summed E-state index contributed by atoms with van der Waals surface area (Å²) in [7, 11) is 0. The van der Waals surface area contributed by atoms with Crippen molar-refractivity contribution in [2.24, 2.45) is 0 Å². The van der Waals surface area contributed by atoms with Crippen LogP contribution in [0.2, 0.25) is 0 Å². The number of quaternary nitrogens is 1. The lowest BCUT2D eigenvalue weighted by Crippen LogP contribution is -3.14. The van der Waals surface area contributed by atoms with Gasteiger partial charge >= 0.3 is 0 Å². The van der Waals surface area contributed by atoms with E-state index >= 15 is 0 Å². The summed E-state index contributed by atoms with van der Waals surface area (Å²) in [4.78, 5) is 18.4. The fourth-order valence-electron chi connectivity index (χ4n) is 3.30. The maximum atomic E-state index is 12.2. The second-order valence-corrected chi connectivity index (χ2v) is 7.42. The van der Waals surface area contributed by atoms with Crippen LogP contribution in [0.25, 0.3) is 10.2 Å². The lowest BCUT2D eigenvalue weighted by atomic mass is 10.0.